The molecule has 4 aromatic rings. The number of carbonyl (C=O) groups excluding carboxylic acids is 1. The zero-order valence-electron chi connectivity index (χ0n) is 20.2. The van der Waals surface area contributed by atoms with E-state index in [0.717, 1.165) is 41.0 Å². The van der Waals surface area contributed by atoms with Gasteiger partial charge in [-0.2, -0.15) is 10.2 Å². The van der Waals surface area contributed by atoms with Crippen LogP contribution in [-0.4, -0.2) is 55.5 Å². The standard InChI is InChI=1S/C25H32N8O/c1-17(2)33-24-22(15-28-33)21(25(34)27-14-20-8-10-32(4)30-20)13-23(29-24)19-7-5-6-18(12-19)16-31(3)11-9-26/h5-8,10,12-13,15,17H,9,11,14,16,26H2,1-4H3,(H,27,34). The first-order chi connectivity index (χ1) is 16.4. The fourth-order valence-electron chi connectivity index (χ4n) is 4.00. The number of likely N-dealkylation sites (N-methyl/N-ethyl adjacent to an activating group) is 1. The Kier molecular flexibility index (Phi) is 7.04. The molecule has 0 saturated heterocycles. The van der Waals surface area contributed by atoms with Gasteiger partial charge in [0.05, 0.1) is 35.1 Å². The van der Waals surface area contributed by atoms with Crippen LogP contribution in [0, 0.1) is 0 Å². The third kappa shape index (κ3) is 5.16. The lowest BCUT2D eigenvalue weighted by atomic mass is 10.0. The van der Waals surface area contributed by atoms with Crippen LogP contribution in [0.25, 0.3) is 22.3 Å². The molecule has 0 saturated carbocycles. The highest BCUT2D eigenvalue weighted by molar-refractivity contribution is 6.06. The summed E-state index contributed by atoms with van der Waals surface area (Å²) in [5.74, 6) is -0.179. The first kappa shape index (κ1) is 23.6. The normalized spacial score (nSPS) is 11.6. The topological polar surface area (TPSA) is 107 Å². The maximum Gasteiger partial charge on any atom is 0.252 e. The predicted octanol–water partition coefficient (Wildman–Crippen LogP) is 2.73. The Morgan fingerprint density at radius 3 is 2.76 bits per heavy atom. The van der Waals surface area contributed by atoms with Gasteiger partial charge in [0.15, 0.2) is 5.65 Å². The molecule has 0 unspecified atom stereocenters. The second kappa shape index (κ2) is 10.1. The Balaban J connectivity index is 1.71. The summed E-state index contributed by atoms with van der Waals surface area (Å²) in [6, 6.07) is 12.1. The summed E-state index contributed by atoms with van der Waals surface area (Å²) in [4.78, 5) is 20.4. The second-order valence-electron chi connectivity index (χ2n) is 8.87. The van der Waals surface area contributed by atoms with Gasteiger partial charge in [-0.15, -0.1) is 0 Å². The van der Waals surface area contributed by atoms with E-state index in [1.807, 2.05) is 42.2 Å². The maximum absolute atomic E-state index is 13.3. The number of nitrogens with one attached hydrogen (secondary N) is 1. The first-order valence-electron chi connectivity index (χ1n) is 11.5. The number of hydrogen-bond acceptors (Lipinski definition) is 6. The van der Waals surface area contributed by atoms with E-state index in [4.69, 9.17) is 10.7 Å². The highest BCUT2D eigenvalue weighted by Crippen LogP contribution is 2.27. The summed E-state index contributed by atoms with van der Waals surface area (Å²) >= 11 is 0. The molecule has 0 aliphatic rings. The van der Waals surface area contributed by atoms with Crippen molar-refractivity contribution >= 4 is 16.9 Å². The Hall–Kier alpha value is -3.56. The molecule has 3 heterocycles. The largest absolute Gasteiger partial charge is 0.346 e. The van der Waals surface area contributed by atoms with Crippen LogP contribution in [0.15, 0.2) is 48.8 Å². The average Bonchev–Trinajstić information content (AvgIpc) is 3.43. The minimum absolute atomic E-state index is 0.112. The number of aromatic nitrogens is 5. The minimum atomic E-state index is -0.179. The number of pyridine rings is 1. The second-order valence-corrected chi connectivity index (χ2v) is 8.87. The van der Waals surface area contributed by atoms with E-state index < -0.39 is 0 Å². The first-order valence-corrected chi connectivity index (χ1v) is 11.5. The van der Waals surface area contributed by atoms with Gasteiger partial charge in [0, 0.05) is 44.5 Å². The van der Waals surface area contributed by atoms with Crippen molar-refractivity contribution in [2.45, 2.75) is 33.0 Å². The lowest BCUT2D eigenvalue weighted by Crippen LogP contribution is -2.24. The van der Waals surface area contributed by atoms with Crippen LogP contribution in [-0.2, 0) is 20.1 Å². The van der Waals surface area contributed by atoms with Crippen LogP contribution in [0.5, 0.6) is 0 Å². The van der Waals surface area contributed by atoms with Gasteiger partial charge < -0.3 is 16.0 Å². The number of benzene rings is 1. The fourth-order valence-corrected chi connectivity index (χ4v) is 4.00. The Bertz CT molecular complexity index is 1290. The number of carbonyl (C=O) groups is 1. The number of aryl methyl sites for hydroxylation is 1. The summed E-state index contributed by atoms with van der Waals surface area (Å²) in [5.41, 5.74) is 10.6. The third-order valence-electron chi connectivity index (χ3n) is 5.69. The summed E-state index contributed by atoms with van der Waals surface area (Å²) < 4.78 is 3.57. The van der Waals surface area contributed by atoms with Crippen LogP contribution in [0.3, 0.4) is 0 Å². The molecule has 0 aliphatic heterocycles. The van der Waals surface area contributed by atoms with Crippen molar-refractivity contribution in [1.82, 2.24) is 34.8 Å². The van der Waals surface area contributed by atoms with Crippen molar-refractivity contribution in [3.05, 3.63) is 65.6 Å². The number of fused-ring (bicyclic) bond motifs is 1. The molecule has 0 aliphatic carbocycles. The summed E-state index contributed by atoms with van der Waals surface area (Å²) in [6.45, 7) is 6.67. The fraction of sp³-hybridized carbons (Fsp3) is 0.360. The quantitative estimate of drug-likeness (QED) is 0.398. The number of rotatable bonds is 9. The van der Waals surface area contributed by atoms with E-state index in [9.17, 15) is 4.79 Å². The zero-order valence-corrected chi connectivity index (χ0v) is 20.2. The smallest absolute Gasteiger partial charge is 0.252 e. The van der Waals surface area contributed by atoms with E-state index in [0.29, 0.717) is 24.3 Å². The molecule has 0 bridgehead atoms. The van der Waals surface area contributed by atoms with Gasteiger partial charge in [-0.3, -0.25) is 9.48 Å². The average molecular weight is 461 g/mol. The van der Waals surface area contributed by atoms with Crippen molar-refractivity contribution in [3.8, 4) is 11.3 Å². The van der Waals surface area contributed by atoms with Gasteiger partial charge in [0.1, 0.15) is 0 Å². The molecule has 9 heteroatoms. The van der Waals surface area contributed by atoms with Crippen LogP contribution in [0.4, 0.5) is 0 Å². The van der Waals surface area contributed by atoms with Crippen LogP contribution < -0.4 is 11.1 Å². The van der Waals surface area contributed by atoms with Crippen molar-refractivity contribution in [3.63, 3.8) is 0 Å². The van der Waals surface area contributed by atoms with Gasteiger partial charge in [0.25, 0.3) is 5.91 Å². The van der Waals surface area contributed by atoms with Crippen molar-refractivity contribution in [2.75, 3.05) is 20.1 Å². The van der Waals surface area contributed by atoms with Gasteiger partial charge in [-0.25, -0.2) is 9.67 Å². The van der Waals surface area contributed by atoms with E-state index in [1.54, 1.807) is 10.9 Å². The Labute approximate surface area is 199 Å². The van der Waals surface area contributed by atoms with Crippen molar-refractivity contribution in [1.29, 1.82) is 0 Å². The Morgan fingerprint density at radius 2 is 2.06 bits per heavy atom. The van der Waals surface area contributed by atoms with E-state index in [-0.39, 0.29) is 11.9 Å². The number of hydrogen-bond donors (Lipinski definition) is 2. The molecule has 0 atom stereocenters. The molecule has 3 aromatic heterocycles. The maximum atomic E-state index is 13.3. The van der Waals surface area contributed by atoms with Gasteiger partial charge >= 0.3 is 0 Å². The molecule has 34 heavy (non-hydrogen) atoms. The zero-order chi connectivity index (χ0) is 24.2. The Morgan fingerprint density at radius 1 is 1.24 bits per heavy atom. The van der Waals surface area contributed by atoms with Crippen LogP contribution in [0.1, 0.15) is 41.5 Å². The number of nitrogens with two attached hydrogens (primary N) is 1. The number of amides is 1. The number of nitrogens with zero attached hydrogens (tertiary/aromatic N) is 6. The molecule has 1 amide bonds. The molecule has 9 nitrogen and oxygen atoms in total. The molecule has 0 radical (unpaired) electrons. The van der Waals surface area contributed by atoms with E-state index in [2.05, 4.69) is 53.4 Å². The van der Waals surface area contributed by atoms with Gasteiger partial charge in [0.2, 0.25) is 0 Å². The lowest BCUT2D eigenvalue weighted by molar-refractivity contribution is 0.0952. The summed E-state index contributed by atoms with van der Waals surface area (Å²) in [6.07, 6.45) is 3.58. The highest BCUT2D eigenvalue weighted by Gasteiger charge is 2.19. The molecule has 178 valence electrons. The van der Waals surface area contributed by atoms with Crippen LogP contribution >= 0.6 is 0 Å². The minimum Gasteiger partial charge on any atom is -0.346 e. The monoisotopic (exact) mass is 460 g/mol. The molecular formula is C25H32N8O. The van der Waals surface area contributed by atoms with Crippen LogP contribution in [0.2, 0.25) is 0 Å². The van der Waals surface area contributed by atoms with Gasteiger partial charge in [-0.05, 0) is 44.7 Å². The molecule has 1 aromatic carbocycles. The van der Waals surface area contributed by atoms with E-state index >= 15 is 0 Å². The SMILES string of the molecule is CC(C)n1ncc2c(C(=O)NCc3ccn(C)n3)cc(-c3cccc(CN(C)CCN)c3)nc21. The molecule has 4 rings (SSSR count). The summed E-state index contributed by atoms with van der Waals surface area (Å²) in [5, 5.41) is 12.6. The van der Waals surface area contributed by atoms with Crippen molar-refractivity contribution in [2.24, 2.45) is 12.8 Å². The van der Waals surface area contributed by atoms with Crippen molar-refractivity contribution < 1.29 is 4.79 Å². The lowest BCUT2D eigenvalue weighted by Gasteiger charge is -2.16. The molecule has 3 N–H and O–H groups in total. The van der Waals surface area contributed by atoms with E-state index in [1.165, 1.54) is 0 Å². The molecular weight excluding hydrogens is 428 g/mol. The molecule has 0 spiro atoms. The highest BCUT2D eigenvalue weighted by atomic mass is 16.1. The molecule has 0 fully saturated rings. The predicted molar refractivity (Wildman–Crippen MR) is 133 cm³/mol. The third-order valence-corrected chi connectivity index (χ3v) is 5.69. The van der Waals surface area contributed by atoms with Gasteiger partial charge in [-0.1, -0.05) is 18.2 Å². The summed E-state index contributed by atoms with van der Waals surface area (Å²) in [7, 11) is 3.90.